The highest BCUT2D eigenvalue weighted by molar-refractivity contribution is 5.94. The molecule has 0 aliphatic heterocycles. The van der Waals surface area contributed by atoms with Crippen molar-refractivity contribution in [1.82, 2.24) is 4.98 Å². The molecule has 1 heterocycles. The summed E-state index contributed by atoms with van der Waals surface area (Å²) >= 11 is 0. The number of nitrogens with zero attached hydrogens (tertiary/aromatic N) is 2. The Bertz CT molecular complexity index is 630. The Hall–Kier alpha value is -1.61. The second kappa shape index (κ2) is 5.30. The van der Waals surface area contributed by atoms with Crippen LogP contribution in [-0.2, 0) is 6.54 Å². The van der Waals surface area contributed by atoms with E-state index >= 15 is 0 Å². The van der Waals surface area contributed by atoms with Crippen LogP contribution in [0.1, 0.15) is 31.2 Å². The Labute approximate surface area is 126 Å². The minimum atomic E-state index is 0.555. The molecular formula is C18H23N3. The van der Waals surface area contributed by atoms with Gasteiger partial charge in [-0.15, -0.1) is 0 Å². The highest BCUT2D eigenvalue weighted by atomic mass is 15.2. The molecule has 3 nitrogen and oxygen atoms in total. The van der Waals surface area contributed by atoms with Crippen molar-refractivity contribution in [3.05, 3.63) is 36.0 Å². The molecule has 0 saturated heterocycles. The fourth-order valence-corrected chi connectivity index (χ4v) is 3.12. The molecule has 2 aliphatic carbocycles. The summed E-state index contributed by atoms with van der Waals surface area (Å²) in [6.45, 7) is 2.91. The molecule has 2 fully saturated rings. The maximum atomic E-state index is 5.87. The van der Waals surface area contributed by atoms with E-state index in [0.717, 1.165) is 17.4 Å². The predicted octanol–water partition coefficient (Wildman–Crippen LogP) is 3.32. The average Bonchev–Trinajstić information content (AvgIpc) is 3.41. The first-order valence-corrected chi connectivity index (χ1v) is 8.17. The average molecular weight is 281 g/mol. The molecule has 2 aromatic rings. The van der Waals surface area contributed by atoms with E-state index in [1.54, 1.807) is 0 Å². The van der Waals surface area contributed by atoms with Crippen molar-refractivity contribution in [2.45, 2.75) is 32.2 Å². The van der Waals surface area contributed by atoms with Crippen molar-refractivity contribution < 1.29 is 0 Å². The van der Waals surface area contributed by atoms with Gasteiger partial charge in [-0.2, -0.15) is 0 Å². The van der Waals surface area contributed by atoms with Crippen LogP contribution < -0.4 is 10.6 Å². The third-order valence-electron chi connectivity index (χ3n) is 4.73. The van der Waals surface area contributed by atoms with E-state index in [2.05, 4.69) is 29.2 Å². The molecule has 0 atom stereocenters. The molecule has 0 bridgehead atoms. The predicted molar refractivity (Wildman–Crippen MR) is 87.3 cm³/mol. The Kier molecular flexibility index (Phi) is 3.30. The van der Waals surface area contributed by atoms with Gasteiger partial charge in [-0.1, -0.05) is 24.3 Å². The Morgan fingerprint density at radius 1 is 1.00 bits per heavy atom. The molecule has 2 N–H and O–H groups in total. The molecule has 2 saturated carbocycles. The summed E-state index contributed by atoms with van der Waals surface area (Å²) in [4.78, 5) is 7.33. The van der Waals surface area contributed by atoms with E-state index < -0.39 is 0 Å². The quantitative estimate of drug-likeness (QED) is 0.883. The van der Waals surface area contributed by atoms with Gasteiger partial charge in [0.25, 0.3) is 0 Å². The molecule has 4 rings (SSSR count). The lowest BCUT2D eigenvalue weighted by Crippen LogP contribution is -2.29. The first kappa shape index (κ1) is 13.1. The minimum absolute atomic E-state index is 0.555. The second-order valence-electron chi connectivity index (χ2n) is 6.65. The van der Waals surface area contributed by atoms with Crippen LogP contribution in [0.5, 0.6) is 0 Å². The van der Waals surface area contributed by atoms with E-state index in [4.69, 9.17) is 10.7 Å². The maximum absolute atomic E-state index is 5.87. The molecule has 0 amide bonds. The van der Waals surface area contributed by atoms with Gasteiger partial charge in [0, 0.05) is 31.2 Å². The SMILES string of the molecule is NCc1cnc(N(CC2CC2)CC2CC2)c2ccccc12. The van der Waals surface area contributed by atoms with Crippen molar-refractivity contribution in [2.24, 2.45) is 17.6 Å². The Balaban J connectivity index is 1.75. The van der Waals surface area contributed by atoms with Crippen LogP contribution in [0.25, 0.3) is 10.8 Å². The van der Waals surface area contributed by atoms with Gasteiger partial charge in [-0.25, -0.2) is 4.98 Å². The standard InChI is InChI=1S/C18H23N3/c19-9-15-10-20-18(17-4-2-1-3-16(15)17)21(11-13-5-6-13)12-14-7-8-14/h1-4,10,13-14H,5-9,11-12,19H2. The molecule has 3 heteroatoms. The fourth-order valence-electron chi connectivity index (χ4n) is 3.12. The summed E-state index contributed by atoms with van der Waals surface area (Å²) in [5, 5.41) is 2.53. The summed E-state index contributed by atoms with van der Waals surface area (Å²) in [5.74, 6) is 2.94. The summed E-state index contributed by atoms with van der Waals surface area (Å²) in [7, 11) is 0. The number of pyridine rings is 1. The lowest BCUT2D eigenvalue weighted by Gasteiger charge is -2.25. The number of anilines is 1. The first-order valence-electron chi connectivity index (χ1n) is 8.17. The molecule has 0 unspecified atom stereocenters. The van der Waals surface area contributed by atoms with E-state index in [-0.39, 0.29) is 0 Å². The highest BCUT2D eigenvalue weighted by Crippen LogP contribution is 2.37. The van der Waals surface area contributed by atoms with Crippen LogP contribution in [0.3, 0.4) is 0 Å². The van der Waals surface area contributed by atoms with Crippen molar-refractivity contribution in [3.8, 4) is 0 Å². The van der Waals surface area contributed by atoms with Crippen LogP contribution >= 0.6 is 0 Å². The fraction of sp³-hybridized carbons (Fsp3) is 0.500. The Morgan fingerprint density at radius 2 is 1.62 bits per heavy atom. The zero-order valence-electron chi connectivity index (χ0n) is 12.5. The molecule has 0 radical (unpaired) electrons. The van der Waals surface area contributed by atoms with Gasteiger partial charge < -0.3 is 10.6 Å². The zero-order valence-corrected chi connectivity index (χ0v) is 12.5. The number of aromatic nitrogens is 1. The van der Waals surface area contributed by atoms with Gasteiger partial charge in [-0.3, -0.25) is 0 Å². The van der Waals surface area contributed by atoms with Crippen LogP contribution in [0.15, 0.2) is 30.5 Å². The zero-order chi connectivity index (χ0) is 14.2. The molecule has 1 aromatic carbocycles. The van der Waals surface area contributed by atoms with Crippen LogP contribution in [0, 0.1) is 11.8 Å². The van der Waals surface area contributed by atoms with Gasteiger partial charge in [0.05, 0.1) is 0 Å². The van der Waals surface area contributed by atoms with E-state index in [1.165, 1.54) is 55.4 Å². The Morgan fingerprint density at radius 3 is 2.19 bits per heavy atom. The molecule has 1 aromatic heterocycles. The summed E-state index contributed by atoms with van der Waals surface area (Å²) in [6.07, 6.45) is 7.53. The second-order valence-corrected chi connectivity index (χ2v) is 6.65. The smallest absolute Gasteiger partial charge is 0.136 e. The number of nitrogens with two attached hydrogens (primary N) is 1. The van der Waals surface area contributed by atoms with E-state index in [9.17, 15) is 0 Å². The van der Waals surface area contributed by atoms with Crippen LogP contribution in [-0.4, -0.2) is 18.1 Å². The number of hydrogen-bond acceptors (Lipinski definition) is 3. The summed E-state index contributed by atoms with van der Waals surface area (Å²) in [6, 6.07) is 8.58. The lowest BCUT2D eigenvalue weighted by atomic mass is 10.1. The number of benzene rings is 1. The van der Waals surface area contributed by atoms with Gasteiger partial charge >= 0.3 is 0 Å². The van der Waals surface area contributed by atoms with Gasteiger partial charge in [0.1, 0.15) is 5.82 Å². The monoisotopic (exact) mass is 281 g/mol. The largest absolute Gasteiger partial charge is 0.356 e. The van der Waals surface area contributed by atoms with Gasteiger partial charge in [-0.05, 0) is 48.5 Å². The number of rotatable bonds is 6. The topological polar surface area (TPSA) is 42.1 Å². The van der Waals surface area contributed by atoms with Gasteiger partial charge in [0.2, 0.25) is 0 Å². The normalized spacial score (nSPS) is 18.1. The minimum Gasteiger partial charge on any atom is -0.356 e. The summed E-state index contributed by atoms with van der Waals surface area (Å²) < 4.78 is 0. The molecular weight excluding hydrogens is 258 g/mol. The van der Waals surface area contributed by atoms with Crippen LogP contribution in [0.2, 0.25) is 0 Å². The van der Waals surface area contributed by atoms with Crippen molar-refractivity contribution in [2.75, 3.05) is 18.0 Å². The van der Waals surface area contributed by atoms with E-state index in [1.807, 2.05) is 6.20 Å². The third kappa shape index (κ3) is 2.75. The van der Waals surface area contributed by atoms with Crippen molar-refractivity contribution >= 4 is 16.6 Å². The van der Waals surface area contributed by atoms with Crippen molar-refractivity contribution in [3.63, 3.8) is 0 Å². The molecule has 110 valence electrons. The van der Waals surface area contributed by atoms with Crippen molar-refractivity contribution in [1.29, 1.82) is 0 Å². The number of fused-ring (bicyclic) bond motifs is 1. The lowest BCUT2D eigenvalue weighted by molar-refractivity contribution is 0.674. The molecule has 2 aliphatic rings. The van der Waals surface area contributed by atoms with Gasteiger partial charge in [0.15, 0.2) is 0 Å². The summed E-state index contributed by atoms with van der Waals surface area (Å²) in [5.41, 5.74) is 7.02. The first-order chi connectivity index (χ1) is 10.3. The number of hydrogen-bond donors (Lipinski definition) is 1. The molecule has 0 spiro atoms. The third-order valence-corrected chi connectivity index (χ3v) is 4.73. The van der Waals surface area contributed by atoms with E-state index in [0.29, 0.717) is 6.54 Å². The van der Waals surface area contributed by atoms with Crippen LogP contribution in [0.4, 0.5) is 5.82 Å². The highest BCUT2D eigenvalue weighted by Gasteiger charge is 2.30. The molecule has 21 heavy (non-hydrogen) atoms. The maximum Gasteiger partial charge on any atom is 0.136 e.